The first kappa shape index (κ1) is 66.3. The van der Waals surface area contributed by atoms with Gasteiger partial charge in [0.05, 0.1) is 69.6 Å². The van der Waals surface area contributed by atoms with Gasteiger partial charge in [0.2, 0.25) is 29.4 Å². The number of rotatable bonds is 18. The van der Waals surface area contributed by atoms with Gasteiger partial charge >= 0.3 is 5.97 Å². The number of aromatic nitrogens is 13. The van der Waals surface area contributed by atoms with E-state index in [1.807, 2.05) is 132 Å². The highest BCUT2D eigenvalue weighted by atomic mass is 16.5. The zero-order chi connectivity index (χ0) is 69.7. The van der Waals surface area contributed by atoms with Crippen LogP contribution < -0.4 is 5.73 Å². The molecule has 3 fully saturated rings. The van der Waals surface area contributed by atoms with Crippen molar-refractivity contribution in [3.8, 4) is 45.9 Å². The Labute approximate surface area is 578 Å². The van der Waals surface area contributed by atoms with Crippen LogP contribution in [0.3, 0.4) is 0 Å². The molecule has 5 aromatic heterocycles. The lowest BCUT2D eigenvalue weighted by Gasteiger charge is -2.24. The van der Waals surface area contributed by atoms with Crippen molar-refractivity contribution in [1.82, 2.24) is 80.0 Å². The first-order chi connectivity index (χ1) is 49.3. The van der Waals surface area contributed by atoms with Crippen LogP contribution in [0.4, 0.5) is 0 Å². The highest BCUT2D eigenvalue weighted by Gasteiger charge is 2.49. The predicted octanol–water partition coefficient (Wildman–Crippen LogP) is 7.62. The Bertz CT molecular complexity index is 4620. The van der Waals surface area contributed by atoms with E-state index in [-0.39, 0.29) is 72.4 Å². The number of hydrogen-bond donors (Lipinski definition) is 5. The van der Waals surface area contributed by atoms with Crippen LogP contribution in [0.1, 0.15) is 117 Å². The molecular weight excluding hydrogens is 1290 g/mol. The number of likely N-dealkylation sites (tertiary alicyclic amines) is 3. The molecule has 3 aliphatic carbocycles. The number of aromatic carboxylic acids is 1. The topological polar surface area (TPSA) is 367 Å². The van der Waals surface area contributed by atoms with E-state index in [0.29, 0.717) is 92.7 Å². The molecule has 17 rings (SSSR count). The fourth-order valence-electron chi connectivity index (χ4n) is 15.1. The SMILES string of the molecule is CCCN1C(=O)CC2Cc3c(/C(N)=N/O)cccc3C21.O=C(O)c1cn(Cc2ccccc2)nn1.O=C1CC2Cc3c(-c4noc(-c5cn(Cc6ccccc6)nn5)n4)cccc3C2N1CCO.O=C1CC2Cc3c(-c4noc(-c5cn(Cc6ccccc6)nn5)n4)cccc3C2N1CCO. The number of amidine groups is 1. The number of carbonyl (C=O) groups is 4. The van der Waals surface area contributed by atoms with Gasteiger partial charge in [-0.15, -0.1) is 15.3 Å². The number of nitrogens with two attached hydrogens (primary N) is 1. The zero-order valence-electron chi connectivity index (χ0n) is 55.1. The molecule has 6 atom stereocenters. The van der Waals surface area contributed by atoms with Crippen LogP contribution in [-0.4, -0.2) is 163 Å². The number of oxime groups is 1. The largest absolute Gasteiger partial charge is 0.476 e. The average molecular weight is 1360 g/mol. The number of hydrogen-bond acceptors (Lipinski definition) is 20. The van der Waals surface area contributed by atoms with Crippen molar-refractivity contribution in [2.45, 2.75) is 89.6 Å². The van der Waals surface area contributed by atoms with Gasteiger partial charge < -0.3 is 50.0 Å². The highest BCUT2D eigenvalue weighted by molar-refractivity contribution is 5.99. The van der Waals surface area contributed by atoms with Gasteiger partial charge in [0.15, 0.2) is 22.9 Å². The lowest BCUT2D eigenvalue weighted by Crippen LogP contribution is -2.30. The van der Waals surface area contributed by atoms with E-state index in [1.54, 1.807) is 31.6 Å². The van der Waals surface area contributed by atoms with Crippen LogP contribution in [0.2, 0.25) is 0 Å². The van der Waals surface area contributed by atoms with Gasteiger partial charge in [0, 0.05) is 55.6 Å². The van der Waals surface area contributed by atoms with Gasteiger partial charge in [-0.3, -0.25) is 14.4 Å². The minimum atomic E-state index is -1.06. The first-order valence-corrected chi connectivity index (χ1v) is 33.5. The molecule has 3 aliphatic heterocycles. The summed E-state index contributed by atoms with van der Waals surface area (Å²) in [4.78, 5) is 62.2. The fourth-order valence-corrected chi connectivity index (χ4v) is 15.1. The summed E-state index contributed by atoms with van der Waals surface area (Å²) in [6.07, 6.45) is 9.96. The molecule has 6 aromatic carbocycles. The second-order valence-electron chi connectivity index (χ2n) is 25.7. The Morgan fingerprint density at radius 3 is 1.31 bits per heavy atom. The molecule has 6 aliphatic rings. The number of carboxylic acids is 1. The van der Waals surface area contributed by atoms with E-state index in [0.717, 1.165) is 93.4 Å². The van der Waals surface area contributed by atoms with E-state index in [1.165, 1.54) is 16.4 Å². The first-order valence-electron chi connectivity index (χ1n) is 33.5. The second kappa shape index (κ2) is 29.3. The molecule has 6 N–H and O–H groups in total. The van der Waals surface area contributed by atoms with Crippen LogP contribution in [0.5, 0.6) is 0 Å². The predicted molar refractivity (Wildman–Crippen MR) is 363 cm³/mol. The number of fused-ring (bicyclic) bond motifs is 9. The van der Waals surface area contributed by atoms with Gasteiger partial charge in [-0.1, -0.05) is 184 Å². The molecule has 28 nitrogen and oxygen atoms in total. The molecule has 101 heavy (non-hydrogen) atoms. The van der Waals surface area contributed by atoms with Gasteiger partial charge in [-0.25, -0.2) is 18.8 Å². The van der Waals surface area contributed by atoms with Gasteiger partial charge in [0.1, 0.15) is 0 Å². The second-order valence-corrected chi connectivity index (χ2v) is 25.7. The summed E-state index contributed by atoms with van der Waals surface area (Å²) < 4.78 is 16.0. The lowest BCUT2D eigenvalue weighted by atomic mass is 10.0. The molecule has 0 radical (unpaired) electrons. The summed E-state index contributed by atoms with van der Waals surface area (Å²) in [5, 5.41) is 71.9. The van der Waals surface area contributed by atoms with Crippen LogP contribution in [-0.2, 0) is 53.3 Å². The lowest BCUT2D eigenvalue weighted by molar-refractivity contribution is -0.130. The molecule has 0 saturated carbocycles. The number of aliphatic hydroxyl groups excluding tert-OH is 2. The van der Waals surface area contributed by atoms with Gasteiger partial charge in [0.25, 0.3) is 11.8 Å². The zero-order valence-corrected chi connectivity index (χ0v) is 55.1. The highest BCUT2D eigenvalue weighted by Crippen LogP contribution is 2.51. The third kappa shape index (κ3) is 13.7. The third-order valence-electron chi connectivity index (χ3n) is 19.3. The third-order valence-corrected chi connectivity index (χ3v) is 19.3. The van der Waals surface area contributed by atoms with Gasteiger partial charge in [-0.05, 0) is 93.5 Å². The number of benzene rings is 6. The standard InChI is InChI=1S/2C24H22N6O3.C15H19N3O2.C10H9N3O2/c2*31-10-9-30-21(32)12-16-11-19-17(22(16)30)7-4-8-18(19)23-25-24(33-27-23)20-14-29(28-26-20)13-15-5-2-1-3-6-15;1-2-6-18-13(19)8-9-7-12-10(14(9)18)4-3-5-11(12)15(16)17-20;14-10(15)9-7-13(12-11-9)6-8-4-2-1-3-5-8/h2*1-8,14,16,22,31H,9-13H2;3-5,9,14,20H,2,6-8H2,1H3,(H2,16,17);1-5,7H,6H2,(H,14,15). The minimum absolute atomic E-state index is 0.00357. The van der Waals surface area contributed by atoms with E-state index >= 15 is 0 Å². The summed E-state index contributed by atoms with van der Waals surface area (Å²) in [6.45, 7) is 5.26. The normalized spacial score (nSPS) is 19.0. The molecule has 11 aromatic rings. The number of amides is 3. The minimum Gasteiger partial charge on any atom is -0.476 e. The maximum absolute atomic E-state index is 12.4. The van der Waals surface area contributed by atoms with Crippen LogP contribution in [0, 0.1) is 17.8 Å². The average Bonchev–Trinajstić information content (AvgIpc) is 1.60. The van der Waals surface area contributed by atoms with Crippen molar-refractivity contribution in [3.63, 3.8) is 0 Å². The number of aliphatic hydroxyl groups is 2. The van der Waals surface area contributed by atoms with Gasteiger partial charge in [-0.2, -0.15) is 9.97 Å². The van der Waals surface area contributed by atoms with Crippen molar-refractivity contribution in [2.24, 2.45) is 28.6 Å². The Kier molecular flexibility index (Phi) is 19.2. The molecule has 3 saturated heterocycles. The molecule has 0 bridgehead atoms. The monoisotopic (exact) mass is 1360 g/mol. The fraction of sp³-hybridized carbons (Fsp3) is 0.301. The smallest absolute Gasteiger partial charge is 0.358 e. The molecule has 28 heteroatoms. The maximum atomic E-state index is 12.4. The van der Waals surface area contributed by atoms with Crippen molar-refractivity contribution >= 4 is 29.5 Å². The van der Waals surface area contributed by atoms with E-state index in [4.69, 9.17) is 25.1 Å². The van der Waals surface area contributed by atoms with Crippen molar-refractivity contribution in [2.75, 3.05) is 32.8 Å². The Morgan fingerprint density at radius 2 is 0.901 bits per heavy atom. The Hall–Kier alpha value is -11.9. The van der Waals surface area contributed by atoms with Crippen LogP contribution >= 0.6 is 0 Å². The number of carbonyl (C=O) groups excluding carboxylic acids is 3. The number of carboxylic acid groups (broad SMARTS) is 1. The van der Waals surface area contributed by atoms with Crippen LogP contribution in [0.25, 0.3) is 45.9 Å². The van der Waals surface area contributed by atoms with Crippen molar-refractivity contribution in [1.29, 1.82) is 0 Å². The molecule has 0 spiro atoms. The Balaban J connectivity index is 0.000000120. The summed E-state index contributed by atoms with van der Waals surface area (Å²) in [5.74, 6) is 1.94. The number of nitrogens with zero attached hydrogens (tertiary/aromatic N) is 17. The van der Waals surface area contributed by atoms with Crippen LogP contribution in [0.15, 0.2) is 178 Å². The summed E-state index contributed by atoms with van der Waals surface area (Å²) in [7, 11) is 0. The molecule has 514 valence electrons. The van der Waals surface area contributed by atoms with E-state index in [9.17, 15) is 29.4 Å². The molecule has 3 amide bonds. The van der Waals surface area contributed by atoms with E-state index < -0.39 is 5.97 Å². The van der Waals surface area contributed by atoms with Crippen molar-refractivity contribution < 1.29 is 48.8 Å². The molecule has 6 unspecified atom stereocenters. The van der Waals surface area contributed by atoms with Crippen molar-refractivity contribution in [3.05, 3.63) is 226 Å². The van der Waals surface area contributed by atoms with E-state index in [2.05, 4.69) is 81.5 Å². The molecule has 8 heterocycles. The maximum Gasteiger partial charge on any atom is 0.358 e. The Morgan fingerprint density at radius 1 is 0.505 bits per heavy atom. The molecular formula is C73H72N18O10. The summed E-state index contributed by atoms with van der Waals surface area (Å²) >= 11 is 0. The summed E-state index contributed by atoms with van der Waals surface area (Å²) in [5.41, 5.74) is 19.5. The summed E-state index contributed by atoms with van der Waals surface area (Å²) in [6, 6.07) is 47.8. The number of β-amino-alcohol motifs (C(OH)–C–C–N with tert-alkyl or cyclic N) is 2. The quantitative estimate of drug-likeness (QED) is 0.0238.